The van der Waals surface area contributed by atoms with Crippen LogP contribution >= 0.6 is 0 Å². The van der Waals surface area contributed by atoms with Gasteiger partial charge in [-0.3, -0.25) is 14.8 Å². The fourth-order valence-corrected chi connectivity index (χ4v) is 4.59. The van der Waals surface area contributed by atoms with E-state index in [-0.39, 0.29) is 5.91 Å². The van der Waals surface area contributed by atoms with Gasteiger partial charge in [-0.2, -0.15) is 5.26 Å². The maximum absolute atomic E-state index is 14.9. The van der Waals surface area contributed by atoms with E-state index >= 15 is 0 Å². The lowest BCUT2D eigenvalue weighted by atomic mass is 9.87. The second-order valence-corrected chi connectivity index (χ2v) is 9.31. The SMILES string of the molecule is CCOc1cc(CN2CCc3c(cc(CCN(C)CC)cc3-c3cc(C)ncc3F)C2=O)ncc1C#N. The average Bonchev–Trinajstić information content (AvgIpc) is 2.90. The molecule has 8 heteroatoms. The summed E-state index contributed by atoms with van der Waals surface area (Å²) < 4.78 is 20.5. The molecule has 37 heavy (non-hydrogen) atoms. The Bertz CT molecular complexity index is 1350. The monoisotopic (exact) mass is 501 g/mol. The zero-order valence-corrected chi connectivity index (χ0v) is 21.8. The minimum atomic E-state index is -0.393. The van der Waals surface area contributed by atoms with Crippen LogP contribution in [0.3, 0.4) is 0 Å². The molecule has 0 saturated heterocycles. The van der Waals surface area contributed by atoms with Crippen LogP contribution in [0.1, 0.15) is 52.3 Å². The molecule has 2 aromatic heterocycles. The molecule has 0 N–H and O–H groups in total. The Morgan fingerprint density at radius 2 is 1.92 bits per heavy atom. The van der Waals surface area contributed by atoms with Crippen molar-refractivity contribution in [1.29, 1.82) is 5.26 Å². The number of rotatable bonds is 9. The number of halogens is 1. The number of fused-ring (bicyclic) bond motifs is 1. The number of hydrogen-bond acceptors (Lipinski definition) is 6. The van der Waals surface area contributed by atoms with Gasteiger partial charge in [0.05, 0.1) is 25.0 Å². The fraction of sp³-hybridized carbons (Fsp3) is 0.379. The summed E-state index contributed by atoms with van der Waals surface area (Å²) in [5.74, 6) is -0.0350. The van der Waals surface area contributed by atoms with Gasteiger partial charge in [-0.1, -0.05) is 13.0 Å². The summed E-state index contributed by atoms with van der Waals surface area (Å²) in [6, 6.07) is 9.55. The van der Waals surface area contributed by atoms with Crippen LogP contribution in [0, 0.1) is 24.1 Å². The van der Waals surface area contributed by atoms with Crippen molar-refractivity contribution in [3.8, 4) is 22.9 Å². The number of nitrogens with zero attached hydrogens (tertiary/aromatic N) is 5. The number of aryl methyl sites for hydroxylation is 1. The summed E-state index contributed by atoms with van der Waals surface area (Å²) in [6.07, 6.45) is 4.08. The van der Waals surface area contributed by atoms with Gasteiger partial charge in [0.1, 0.15) is 23.2 Å². The summed E-state index contributed by atoms with van der Waals surface area (Å²) in [5, 5.41) is 9.32. The first-order chi connectivity index (χ1) is 17.8. The van der Waals surface area contributed by atoms with Gasteiger partial charge in [-0.05, 0) is 69.1 Å². The molecule has 1 aliphatic rings. The second kappa shape index (κ2) is 11.5. The van der Waals surface area contributed by atoms with Gasteiger partial charge in [-0.25, -0.2) is 4.39 Å². The zero-order valence-electron chi connectivity index (χ0n) is 21.8. The Labute approximate surface area is 217 Å². The van der Waals surface area contributed by atoms with E-state index in [9.17, 15) is 14.4 Å². The normalized spacial score (nSPS) is 13.0. The Kier molecular flexibility index (Phi) is 8.14. The quantitative estimate of drug-likeness (QED) is 0.428. The first-order valence-electron chi connectivity index (χ1n) is 12.6. The minimum absolute atomic E-state index is 0.108. The molecule has 0 saturated carbocycles. The number of ether oxygens (including phenoxy) is 1. The van der Waals surface area contributed by atoms with E-state index in [0.717, 1.165) is 41.9 Å². The molecular formula is C29H32FN5O2. The molecule has 0 spiro atoms. The minimum Gasteiger partial charge on any atom is -0.492 e. The molecule has 0 radical (unpaired) electrons. The van der Waals surface area contributed by atoms with Crippen molar-refractivity contribution in [2.45, 2.75) is 40.2 Å². The predicted molar refractivity (Wildman–Crippen MR) is 140 cm³/mol. The van der Waals surface area contributed by atoms with Gasteiger partial charge < -0.3 is 14.5 Å². The van der Waals surface area contributed by atoms with Crippen LogP contribution in [-0.2, 0) is 19.4 Å². The highest BCUT2D eigenvalue weighted by Crippen LogP contribution is 2.34. The van der Waals surface area contributed by atoms with Crippen LogP contribution < -0.4 is 4.74 Å². The van der Waals surface area contributed by atoms with Crippen LogP contribution in [0.25, 0.3) is 11.1 Å². The average molecular weight is 502 g/mol. The molecule has 1 aromatic carbocycles. The maximum atomic E-state index is 14.9. The number of nitriles is 1. The highest BCUT2D eigenvalue weighted by molar-refractivity contribution is 5.99. The highest BCUT2D eigenvalue weighted by atomic mass is 19.1. The third-order valence-corrected chi connectivity index (χ3v) is 6.76. The molecule has 0 unspecified atom stereocenters. The first-order valence-corrected chi connectivity index (χ1v) is 12.6. The van der Waals surface area contributed by atoms with E-state index < -0.39 is 5.82 Å². The van der Waals surface area contributed by atoms with Crippen molar-refractivity contribution in [2.75, 3.05) is 33.3 Å². The van der Waals surface area contributed by atoms with E-state index in [1.807, 2.05) is 26.0 Å². The van der Waals surface area contributed by atoms with Gasteiger partial charge in [0.15, 0.2) is 0 Å². The molecular weight excluding hydrogens is 469 g/mol. The number of benzene rings is 1. The van der Waals surface area contributed by atoms with Crippen molar-refractivity contribution in [1.82, 2.24) is 19.8 Å². The Morgan fingerprint density at radius 1 is 1.14 bits per heavy atom. The summed E-state index contributed by atoms with van der Waals surface area (Å²) >= 11 is 0. The van der Waals surface area contributed by atoms with Gasteiger partial charge in [0, 0.05) is 42.2 Å². The molecule has 1 amide bonds. The Balaban J connectivity index is 1.71. The summed E-state index contributed by atoms with van der Waals surface area (Å²) in [4.78, 5) is 26.2. The number of carbonyl (C=O) groups is 1. The van der Waals surface area contributed by atoms with E-state index in [4.69, 9.17) is 4.74 Å². The fourth-order valence-electron chi connectivity index (χ4n) is 4.59. The van der Waals surface area contributed by atoms with Gasteiger partial charge >= 0.3 is 0 Å². The number of likely N-dealkylation sites (N-methyl/N-ethyl adjacent to an activating group) is 1. The number of aromatic nitrogens is 2. The van der Waals surface area contributed by atoms with Gasteiger partial charge in [0.2, 0.25) is 0 Å². The third-order valence-electron chi connectivity index (χ3n) is 6.76. The Hall–Kier alpha value is -3.83. The molecule has 3 heterocycles. The molecule has 7 nitrogen and oxygen atoms in total. The summed E-state index contributed by atoms with van der Waals surface area (Å²) in [6.45, 7) is 8.75. The van der Waals surface area contributed by atoms with Crippen LogP contribution in [0.4, 0.5) is 4.39 Å². The van der Waals surface area contributed by atoms with E-state index in [0.29, 0.717) is 54.3 Å². The smallest absolute Gasteiger partial charge is 0.254 e. The number of pyridine rings is 2. The topological polar surface area (TPSA) is 82.3 Å². The lowest BCUT2D eigenvalue weighted by Gasteiger charge is -2.30. The number of carbonyl (C=O) groups excluding carboxylic acids is 1. The predicted octanol–water partition coefficient (Wildman–Crippen LogP) is 4.55. The van der Waals surface area contributed by atoms with Crippen molar-refractivity contribution < 1.29 is 13.9 Å². The molecule has 0 aliphatic carbocycles. The number of hydrogen-bond donors (Lipinski definition) is 0. The molecule has 0 bridgehead atoms. The summed E-state index contributed by atoms with van der Waals surface area (Å²) in [5.41, 5.74) is 5.43. The standard InChI is InChI=1S/C29H32FN5O2/c1-5-34(4)9-7-20-12-24(25-11-19(3)32-17-27(25)30)23-8-10-35(29(36)26(23)13-20)18-22-14-28(37-6-2)21(15-31)16-33-22/h11-14,16-17H,5-10,18H2,1-4H3. The molecule has 4 rings (SSSR count). The van der Waals surface area contributed by atoms with Crippen LogP contribution in [0.5, 0.6) is 5.75 Å². The van der Waals surface area contributed by atoms with E-state index in [1.54, 1.807) is 17.0 Å². The van der Waals surface area contributed by atoms with Crippen molar-refractivity contribution >= 4 is 5.91 Å². The van der Waals surface area contributed by atoms with Gasteiger partial charge in [-0.15, -0.1) is 0 Å². The molecule has 192 valence electrons. The largest absolute Gasteiger partial charge is 0.492 e. The zero-order chi connectivity index (χ0) is 26.5. The highest BCUT2D eigenvalue weighted by Gasteiger charge is 2.29. The molecule has 0 fully saturated rings. The molecule has 0 atom stereocenters. The van der Waals surface area contributed by atoms with Crippen molar-refractivity contribution in [3.63, 3.8) is 0 Å². The lowest BCUT2D eigenvalue weighted by molar-refractivity contribution is 0.0724. The molecule has 3 aromatic rings. The van der Waals surface area contributed by atoms with Crippen LogP contribution in [0.15, 0.2) is 36.7 Å². The Morgan fingerprint density at radius 3 is 2.65 bits per heavy atom. The van der Waals surface area contributed by atoms with E-state index in [1.165, 1.54) is 12.4 Å². The lowest BCUT2D eigenvalue weighted by Crippen LogP contribution is -2.37. The maximum Gasteiger partial charge on any atom is 0.254 e. The number of amides is 1. The van der Waals surface area contributed by atoms with Crippen molar-refractivity contribution in [2.24, 2.45) is 0 Å². The molecule has 1 aliphatic heterocycles. The van der Waals surface area contributed by atoms with Crippen LogP contribution in [-0.4, -0.2) is 59.0 Å². The first kappa shape index (κ1) is 26.2. The van der Waals surface area contributed by atoms with Crippen molar-refractivity contribution in [3.05, 3.63) is 76.1 Å². The van der Waals surface area contributed by atoms with E-state index in [2.05, 4.69) is 34.9 Å². The third kappa shape index (κ3) is 5.78. The van der Waals surface area contributed by atoms with Crippen LogP contribution in [0.2, 0.25) is 0 Å². The second-order valence-electron chi connectivity index (χ2n) is 9.31. The van der Waals surface area contributed by atoms with Gasteiger partial charge in [0.25, 0.3) is 5.91 Å². The summed E-state index contributed by atoms with van der Waals surface area (Å²) in [7, 11) is 2.05.